The molecule has 0 saturated carbocycles. The van der Waals surface area contributed by atoms with Crippen molar-refractivity contribution in [2.24, 2.45) is 0 Å². The maximum atomic E-state index is 12.8. The highest BCUT2D eigenvalue weighted by molar-refractivity contribution is 7.17. The van der Waals surface area contributed by atoms with E-state index in [1.807, 2.05) is 23.6 Å². The third-order valence-corrected chi connectivity index (χ3v) is 6.31. The summed E-state index contributed by atoms with van der Waals surface area (Å²) in [6.45, 7) is 0.559. The highest BCUT2D eigenvalue weighted by atomic mass is 35.5. The summed E-state index contributed by atoms with van der Waals surface area (Å²) in [5.41, 5.74) is 1.69. The minimum atomic E-state index is -4.96. The van der Waals surface area contributed by atoms with Crippen molar-refractivity contribution in [3.8, 4) is 17.0 Å². The molecule has 2 heterocycles. The molecular formula is C23H17ClF3N3O3S. The predicted octanol–water partition coefficient (Wildman–Crippen LogP) is 6.19. The molecule has 0 amide bonds. The van der Waals surface area contributed by atoms with E-state index in [1.165, 1.54) is 18.5 Å². The van der Waals surface area contributed by atoms with E-state index in [2.05, 4.69) is 20.0 Å². The van der Waals surface area contributed by atoms with E-state index in [9.17, 15) is 18.0 Å². The molecule has 4 rings (SSSR count). The highest BCUT2D eigenvalue weighted by Gasteiger charge is 2.32. The number of benzene rings is 2. The monoisotopic (exact) mass is 507 g/mol. The van der Waals surface area contributed by atoms with Gasteiger partial charge in [-0.25, -0.2) is 9.97 Å². The number of aliphatic carboxylic acids is 1. The number of alkyl halides is 3. The molecule has 0 unspecified atom stereocenters. The number of fused-ring (bicyclic) bond motifs is 1. The molecule has 2 aromatic heterocycles. The average molecular weight is 508 g/mol. The standard InChI is InChI=1S/C23H17ClF3N3O3S/c24-17-11-34-20-4-1-13(7-16(17)20)5-6-28-21-10-18(29-12-30-21)14-2-3-15(9-22(31)32)19(8-14)33-23(25,26)27/h1-4,7-8,10-12H,5-6,9H2,(H,31,32)(H,28,29,30). The van der Waals surface area contributed by atoms with Gasteiger partial charge in [0.05, 0.1) is 17.1 Å². The summed E-state index contributed by atoms with van der Waals surface area (Å²) in [4.78, 5) is 19.3. The van der Waals surface area contributed by atoms with Crippen LogP contribution in [0.4, 0.5) is 19.0 Å². The number of nitrogens with one attached hydrogen (secondary N) is 1. The van der Waals surface area contributed by atoms with Gasteiger partial charge in [0, 0.05) is 39.2 Å². The molecule has 0 saturated heterocycles. The summed E-state index contributed by atoms with van der Waals surface area (Å²) in [6.07, 6.45) is -3.57. The van der Waals surface area contributed by atoms with Crippen LogP contribution in [0.3, 0.4) is 0 Å². The van der Waals surface area contributed by atoms with Crippen LogP contribution >= 0.6 is 22.9 Å². The number of carboxylic acid groups (broad SMARTS) is 1. The molecule has 0 atom stereocenters. The quantitative estimate of drug-likeness (QED) is 0.296. The van der Waals surface area contributed by atoms with Crippen molar-refractivity contribution < 1.29 is 27.8 Å². The molecular weight excluding hydrogens is 491 g/mol. The van der Waals surface area contributed by atoms with Crippen LogP contribution in [0.5, 0.6) is 5.75 Å². The number of hydrogen-bond acceptors (Lipinski definition) is 6. The minimum absolute atomic E-state index is 0.0938. The van der Waals surface area contributed by atoms with Crippen molar-refractivity contribution >= 4 is 44.8 Å². The number of nitrogens with zero attached hydrogens (tertiary/aromatic N) is 2. The normalized spacial score (nSPS) is 11.5. The first-order valence-electron chi connectivity index (χ1n) is 10.0. The number of hydrogen-bond donors (Lipinski definition) is 2. The second-order valence-electron chi connectivity index (χ2n) is 7.32. The van der Waals surface area contributed by atoms with E-state index in [4.69, 9.17) is 16.7 Å². The van der Waals surface area contributed by atoms with Crippen LogP contribution < -0.4 is 10.1 Å². The maximum Gasteiger partial charge on any atom is 0.573 e. The molecule has 0 aliphatic rings. The van der Waals surface area contributed by atoms with Gasteiger partial charge < -0.3 is 15.2 Å². The summed E-state index contributed by atoms with van der Waals surface area (Å²) >= 11 is 7.79. The Kier molecular flexibility index (Phi) is 6.90. The van der Waals surface area contributed by atoms with Gasteiger partial charge in [0.15, 0.2) is 0 Å². The third kappa shape index (κ3) is 5.95. The number of carboxylic acids is 1. The number of thiophene rings is 1. The molecule has 0 aliphatic carbocycles. The van der Waals surface area contributed by atoms with Gasteiger partial charge >= 0.3 is 12.3 Å². The smallest absolute Gasteiger partial charge is 0.481 e. The van der Waals surface area contributed by atoms with E-state index < -0.39 is 24.5 Å². The van der Waals surface area contributed by atoms with E-state index >= 15 is 0 Å². The number of carbonyl (C=O) groups is 1. The van der Waals surface area contributed by atoms with Gasteiger partial charge in [-0.05, 0) is 30.2 Å². The molecule has 0 aliphatic heterocycles. The SMILES string of the molecule is O=C(O)Cc1ccc(-c2cc(NCCc3ccc4scc(Cl)c4c3)ncn2)cc1OC(F)(F)F. The van der Waals surface area contributed by atoms with Crippen LogP contribution in [0.25, 0.3) is 21.3 Å². The van der Waals surface area contributed by atoms with Crippen molar-refractivity contribution in [2.45, 2.75) is 19.2 Å². The summed E-state index contributed by atoms with van der Waals surface area (Å²) in [6, 6.07) is 11.6. The van der Waals surface area contributed by atoms with Crippen molar-refractivity contribution in [1.29, 1.82) is 0 Å². The lowest BCUT2D eigenvalue weighted by Gasteiger charge is -2.14. The molecule has 11 heteroatoms. The summed E-state index contributed by atoms with van der Waals surface area (Å²) in [7, 11) is 0. The molecule has 0 radical (unpaired) electrons. The first-order valence-corrected chi connectivity index (χ1v) is 11.3. The second kappa shape index (κ2) is 9.86. The lowest BCUT2D eigenvalue weighted by atomic mass is 10.1. The fourth-order valence-corrected chi connectivity index (χ4v) is 4.54. The van der Waals surface area contributed by atoms with Gasteiger partial charge in [-0.3, -0.25) is 4.79 Å². The number of ether oxygens (including phenoxy) is 1. The fraction of sp³-hybridized carbons (Fsp3) is 0.174. The lowest BCUT2D eigenvalue weighted by molar-refractivity contribution is -0.274. The largest absolute Gasteiger partial charge is 0.573 e. The van der Waals surface area contributed by atoms with Gasteiger partial charge in [-0.1, -0.05) is 29.8 Å². The van der Waals surface area contributed by atoms with E-state index in [0.717, 1.165) is 26.7 Å². The minimum Gasteiger partial charge on any atom is -0.481 e. The topological polar surface area (TPSA) is 84.3 Å². The van der Waals surface area contributed by atoms with Crippen molar-refractivity contribution in [3.05, 3.63) is 70.3 Å². The van der Waals surface area contributed by atoms with Gasteiger partial charge in [0.1, 0.15) is 17.9 Å². The Labute approximate surface area is 201 Å². The molecule has 34 heavy (non-hydrogen) atoms. The average Bonchev–Trinajstić information content (AvgIpc) is 3.14. The van der Waals surface area contributed by atoms with Crippen LogP contribution in [0.2, 0.25) is 5.02 Å². The van der Waals surface area contributed by atoms with Crippen LogP contribution in [-0.4, -0.2) is 34.0 Å². The maximum absolute atomic E-state index is 12.8. The van der Waals surface area contributed by atoms with Crippen LogP contribution in [0, 0.1) is 0 Å². The Hall–Kier alpha value is -3.37. The summed E-state index contributed by atoms with van der Waals surface area (Å²) in [5.74, 6) is -1.36. The molecule has 2 aromatic carbocycles. The van der Waals surface area contributed by atoms with E-state index in [1.54, 1.807) is 17.4 Å². The van der Waals surface area contributed by atoms with Crippen LogP contribution in [0.15, 0.2) is 54.2 Å². The zero-order chi connectivity index (χ0) is 24.3. The Morgan fingerprint density at radius 1 is 1.15 bits per heavy atom. The second-order valence-corrected chi connectivity index (χ2v) is 8.64. The predicted molar refractivity (Wildman–Crippen MR) is 125 cm³/mol. The first kappa shape index (κ1) is 23.8. The molecule has 6 nitrogen and oxygen atoms in total. The molecule has 176 valence electrons. The number of rotatable bonds is 8. The lowest BCUT2D eigenvalue weighted by Crippen LogP contribution is -2.18. The Morgan fingerprint density at radius 3 is 2.74 bits per heavy atom. The van der Waals surface area contributed by atoms with Crippen molar-refractivity contribution in [3.63, 3.8) is 0 Å². The molecule has 2 N–H and O–H groups in total. The summed E-state index contributed by atoms with van der Waals surface area (Å²) < 4.78 is 43.6. The summed E-state index contributed by atoms with van der Waals surface area (Å²) in [5, 5.41) is 15.8. The van der Waals surface area contributed by atoms with Crippen molar-refractivity contribution in [1.82, 2.24) is 9.97 Å². The Bertz CT molecular complexity index is 1340. The number of anilines is 1. The highest BCUT2D eigenvalue weighted by Crippen LogP contribution is 2.32. The molecule has 0 fully saturated rings. The van der Waals surface area contributed by atoms with E-state index in [0.29, 0.717) is 30.0 Å². The molecule has 0 spiro atoms. The van der Waals surface area contributed by atoms with Crippen LogP contribution in [0.1, 0.15) is 11.1 Å². The zero-order valence-corrected chi connectivity index (χ0v) is 19.0. The van der Waals surface area contributed by atoms with Crippen LogP contribution in [-0.2, 0) is 17.6 Å². The van der Waals surface area contributed by atoms with Gasteiger partial charge in [-0.15, -0.1) is 24.5 Å². The van der Waals surface area contributed by atoms with Crippen molar-refractivity contribution in [2.75, 3.05) is 11.9 Å². The Morgan fingerprint density at radius 2 is 1.97 bits per heavy atom. The van der Waals surface area contributed by atoms with Gasteiger partial charge in [-0.2, -0.15) is 0 Å². The number of halogens is 4. The number of aromatic nitrogens is 2. The molecule has 4 aromatic rings. The molecule has 0 bridgehead atoms. The fourth-order valence-electron chi connectivity index (χ4n) is 3.39. The zero-order valence-electron chi connectivity index (χ0n) is 17.4. The van der Waals surface area contributed by atoms with E-state index in [-0.39, 0.29) is 5.56 Å². The van der Waals surface area contributed by atoms with Gasteiger partial charge in [0.2, 0.25) is 0 Å². The van der Waals surface area contributed by atoms with Gasteiger partial charge in [0.25, 0.3) is 0 Å². The Balaban J connectivity index is 1.49. The first-order chi connectivity index (χ1) is 16.2. The third-order valence-electron chi connectivity index (χ3n) is 4.91.